The van der Waals surface area contributed by atoms with Crippen molar-refractivity contribution in [2.24, 2.45) is 0 Å². The fourth-order valence-corrected chi connectivity index (χ4v) is 1.91. The first-order valence-electron chi connectivity index (χ1n) is 4.85. The SMILES string of the molecule is CCN1CCN(CC)[C]1=[Cr].[C-]#[O+].[C-]#[O+].[C-]#[O+].[C-]#[O+].[C-]#[O+]. The molecule has 108 valence electrons. The van der Waals surface area contributed by atoms with Crippen LogP contribution in [0.25, 0.3) is 0 Å². The van der Waals surface area contributed by atoms with Gasteiger partial charge in [-0.2, -0.15) is 0 Å². The third-order valence-corrected chi connectivity index (χ3v) is 2.75. The molecule has 0 bridgehead atoms. The molecule has 0 saturated carbocycles. The second-order valence-corrected chi connectivity index (χ2v) is 3.01. The fraction of sp³-hybridized carbons (Fsp3) is 0.500. The summed E-state index contributed by atoms with van der Waals surface area (Å²) in [6.07, 6.45) is 0. The van der Waals surface area contributed by atoms with E-state index in [4.69, 9.17) is 23.3 Å². The van der Waals surface area contributed by atoms with Gasteiger partial charge in [0.1, 0.15) is 0 Å². The van der Waals surface area contributed by atoms with E-state index in [0.29, 0.717) is 0 Å². The van der Waals surface area contributed by atoms with Crippen LogP contribution in [0.4, 0.5) is 0 Å². The van der Waals surface area contributed by atoms with Crippen molar-refractivity contribution in [3.8, 4) is 0 Å². The summed E-state index contributed by atoms with van der Waals surface area (Å²) in [4.78, 5) is 4.73. The Bertz CT molecular complexity index is 260. The standard InChI is InChI=1S/C7H14N2.5CO.Cr/c1-3-8-5-6-9(4-2)7-8;5*1-2;/h3-6H2,1-2H3;;;;;;. The van der Waals surface area contributed by atoms with Gasteiger partial charge >= 0.3 is 127 Å². The van der Waals surface area contributed by atoms with Gasteiger partial charge in [0, 0.05) is 0 Å². The van der Waals surface area contributed by atoms with Gasteiger partial charge < -0.3 is 0 Å². The summed E-state index contributed by atoms with van der Waals surface area (Å²) >= 11 is 3.11. The summed E-state index contributed by atoms with van der Waals surface area (Å²) in [5.41, 5.74) is 0. The molecule has 0 unspecified atom stereocenters. The van der Waals surface area contributed by atoms with E-state index in [-0.39, 0.29) is 0 Å². The second kappa shape index (κ2) is 36.1. The van der Waals surface area contributed by atoms with E-state index in [1.807, 2.05) is 0 Å². The first-order chi connectivity index (χ1) is 9.79. The van der Waals surface area contributed by atoms with Crippen LogP contribution in [-0.2, 0) is 39.1 Å². The van der Waals surface area contributed by atoms with Crippen LogP contribution in [-0.4, -0.2) is 40.6 Å². The molecule has 0 aromatic carbocycles. The summed E-state index contributed by atoms with van der Waals surface area (Å²) < 4.78 is 38.8. The molecule has 8 heteroatoms. The zero-order valence-corrected chi connectivity index (χ0v) is 12.4. The zero-order valence-electron chi connectivity index (χ0n) is 11.2. The molecule has 1 heterocycles. The van der Waals surface area contributed by atoms with Gasteiger partial charge in [-0.15, -0.1) is 0 Å². The van der Waals surface area contributed by atoms with Crippen molar-refractivity contribution in [2.75, 3.05) is 26.2 Å². The van der Waals surface area contributed by atoms with Gasteiger partial charge in [0.15, 0.2) is 0 Å². The Kier molecular flexibility index (Phi) is 56.8. The number of likely N-dealkylation sites (N-methyl/N-ethyl adjacent to an activating group) is 2. The molecule has 0 atom stereocenters. The molecule has 1 aliphatic heterocycles. The van der Waals surface area contributed by atoms with E-state index in [9.17, 15) is 0 Å². The van der Waals surface area contributed by atoms with E-state index >= 15 is 0 Å². The van der Waals surface area contributed by atoms with Crippen molar-refractivity contribution in [1.82, 2.24) is 9.80 Å². The number of hydrogen-bond donors (Lipinski definition) is 0. The van der Waals surface area contributed by atoms with Crippen LogP contribution in [0.1, 0.15) is 13.8 Å². The Hall–Kier alpha value is -0.978. The summed E-state index contributed by atoms with van der Waals surface area (Å²) in [5, 5.41) is 0. The van der Waals surface area contributed by atoms with Crippen molar-refractivity contribution in [1.29, 1.82) is 0 Å². The van der Waals surface area contributed by atoms with E-state index in [0.717, 1.165) is 13.1 Å². The predicted molar refractivity (Wildman–Crippen MR) is 59.1 cm³/mol. The van der Waals surface area contributed by atoms with Crippen LogP contribution in [0.3, 0.4) is 0 Å². The molecule has 0 N–H and O–H groups in total. The average Bonchev–Trinajstić information content (AvgIpc) is 2.96. The van der Waals surface area contributed by atoms with Crippen LogP contribution in [0.2, 0.25) is 0 Å². The van der Waals surface area contributed by atoms with Crippen molar-refractivity contribution in [3.63, 3.8) is 0 Å². The Morgan fingerprint density at radius 3 is 1.05 bits per heavy atom. The molecule has 0 aromatic heterocycles. The molecular weight excluding hydrogens is 304 g/mol. The summed E-state index contributed by atoms with van der Waals surface area (Å²) in [6.45, 7) is 31.5. The minimum atomic E-state index is 1.12. The molecule has 0 radical (unpaired) electrons. The van der Waals surface area contributed by atoms with Gasteiger partial charge in [0.2, 0.25) is 0 Å². The molecular formula is C12H14CrN2O5. The van der Waals surface area contributed by atoms with Gasteiger partial charge in [0.05, 0.1) is 0 Å². The van der Waals surface area contributed by atoms with Crippen molar-refractivity contribution in [3.05, 3.63) is 33.3 Å². The first-order valence-corrected chi connectivity index (χ1v) is 5.49. The predicted octanol–water partition coefficient (Wildman–Crippen LogP) is 0.0905. The summed E-state index contributed by atoms with van der Waals surface area (Å²) in [5.74, 6) is 0. The molecule has 0 aliphatic carbocycles. The fourth-order valence-electron chi connectivity index (χ4n) is 1.22. The maximum atomic E-state index is 7.50. The van der Waals surface area contributed by atoms with Crippen molar-refractivity contribution >= 4 is 4.63 Å². The first kappa shape index (κ1) is 31.4. The van der Waals surface area contributed by atoms with Crippen molar-refractivity contribution < 1.29 is 39.1 Å². The molecule has 0 aromatic rings. The van der Waals surface area contributed by atoms with E-state index in [1.165, 1.54) is 17.7 Å². The van der Waals surface area contributed by atoms with Gasteiger partial charge in [-0.05, 0) is 0 Å². The van der Waals surface area contributed by atoms with Crippen LogP contribution in [0, 0.1) is 33.3 Å². The molecule has 20 heavy (non-hydrogen) atoms. The maximum absolute atomic E-state index is 7.50. The summed E-state index contributed by atoms with van der Waals surface area (Å²) in [6, 6.07) is 0. The van der Waals surface area contributed by atoms with Gasteiger partial charge in [0.25, 0.3) is 0 Å². The molecule has 1 fully saturated rings. The van der Waals surface area contributed by atoms with Gasteiger partial charge in [-0.25, -0.2) is 0 Å². The quantitative estimate of drug-likeness (QED) is 0.531. The molecule has 0 amide bonds. The van der Waals surface area contributed by atoms with Gasteiger partial charge in [-0.3, -0.25) is 0 Å². The zero-order chi connectivity index (χ0) is 17.6. The van der Waals surface area contributed by atoms with Gasteiger partial charge in [-0.1, -0.05) is 0 Å². The third kappa shape index (κ3) is 17.0. The number of rotatable bonds is 2. The monoisotopic (exact) mass is 318 g/mol. The second-order valence-electron chi connectivity index (χ2n) is 2.44. The topological polar surface area (TPSA) is 106 Å². The molecule has 7 nitrogen and oxygen atoms in total. The van der Waals surface area contributed by atoms with E-state index in [1.54, 1.807) is 0 Å². The Labute approximate surface area is 127 Å². The van der Waals surface area contributed by atoms with Crippen LogP contribution >= 0.6 is 0 Å². The van der Waals surface area contributed by atoms with Crippen LogP contribution in [0.15, 0.2) is 0 Å². The van der Waals surface area contributed by atoms with Crippen LogP contribution < -0.4 is 0 Å². The molecule has 1 rings (SSSR count). The molecule has 1 aliphatic rings. The molecule has 1 saturated heterocycles. The summed E-state index contributed by atoms with van der Waals surface area (Å²) in [7, 11) is 0. The van der Waals surface area contributed by atoms with Crippen LogP contribution in [0.5, 0.6) is 0 Å². The minimum absolute atomic E-state index is 1.12. The average molecular weight is 318 g/mol. The third-order valence-electron chi connectivity index (χ3n) is 1.94. The molecule has 0 spiro atoms. The van der Waals surface area contributed by atoms with Crippen molar-refractivity contribution in [2.45, 2.75) is 13.8 Å². The van der Waals surface area contributed by atoms with E-state index < -0.39 is 0 Å². The van der Waals surface area contributed by atoms with E-state index in [2.05, 4.69) is 72.8 Å². The number of nitrogens with zero attached hydrogens (tertiary/aromatic N) is 2. The Balaban J connectivity index is -0.0000000639. The normalized spacial score (nSPS) is 11.7. The Morgan fingerprint density at radius 2 is 0.950 bits per heavy atom. The number of hydrogen-bond acceptors (Lipinski definition) is 2. The Morgan fingerprint density at radius 1 is 0.750 bits per heavy atom.